The number of nitrogens with zero attached hydrogens (tertiary/aromatic N) is 1. The van der Waals surface area contributed by atoms with Crippen LogP contribution in [-0.2, 0) is 4.79 Å². The van der Waals surface area contributed by atoms with E-state index in [1.807, 2.05) is 6.92 Å². The van der Waals surface area contributed by atoms with Gasteiger partial charge in [-0.3, -0.25) is 15.0 Å². The Morgan fingerprint density at radius 3 is 2.71 bits per heavy atom. The van der Waals surface area contributed by atoms with E-state index >= 15 is 0 Å². The number of hydrazine groups is 1. The number of carbonyl (C=O) groups is 2. The summed E-state index contributed by atoms with van der Waals surface area (Å²) in [5, 5.41) is 1.40. The molecule has 0 aliphatic carbocycles. The van der Waals surface area contributed by atoms with Crippen molar-refractivity contribution in [2.75, 3.05) is 13.2 Å². The zero-order valence-electron chi connectivity index (χ0n) is 16.6. The van der Waals surface area contributed by atoms with Crippen molar-refractivity contribution < 1.29 is 19.1 Å². The molecule has 1 saturated heterocycles. The molecule has 2 aromatic rings. The highest BCUT2D eigenvalue weighted by molar-refractivity contribution is 8.26. The molecular formula is C22H19ClN2O4S2. The molecule has 1 heterocycles. The lowest BCUT2D eigenvalue weighted by molar-refractivity contribution is -0.123. The van der Waals surface area contributed by atoms with Crippen LogP contribution in [0.4, 0.5) is 0 Å². The molecule has 0 unspecified atom stereocenters. The second-order valence-electron chi connectivity index (χ2n) is 6.19. The molecule has 9 heteroatoms. The minimum absolute atomic E-state index is 0.225. The van der Waals surface area contributed by atoms with Gasteiger partial charge in [-0.2, -0.15) is 5.01 Å². The largest absolute Gasteiger partial charge is 0.490 e. The fourth-order valence-corrected chi connectivity index (χ4v) is 4.14. The number of halogens is 1. The SMILES string of the molecule is C=CCOc1c(Cl)cc(C=C2SC(=S)N(NC(=O)c3ccccc3)C2=O)cc1OCC. The summed E-state index contributed by atoms with van der Waals surface area (Å²) in [5.41, 5.74) is 3.60. The molecule has 2 amide bonds. The molecule has 0 aromatic heterocycles. The molecule has 0 radical (unpaired) electrons. The van der Waals surface area contributed by atoms with E-state index in [4.69, 9.17) is 33.3 Å². The van der Waals surface area contributed by atoms with Crippen LogP contribution in [-0.4, -0.2) is 34.4 Å². The average Bonchev–Trinajstić information content (AvgIpc) is 3.01. The molecule has 1 aliphatic heterocycles. The van der Waals surface area contributed by atoms with Gasteiger partial charge in [-0.15, -0.1) is 0 Å². The molecule has 1 N–H and O–H groups in total. The van der Waals surface area contributed by atoms with Crippen LogP contribution in [0.3, 0.4) is 0 Å². The molecular weight excluding hydrogens is 456 g/mol. The first-order valence-corrected chi connectivity index (χ1v) is 10.9. The van der Waals surface area contributed by atoms with Crippen LogP contribution in [0.15, 0.2) is 60.0 Å². The Hall–Kier alpha value is -2.81. The van der Waals surface area contributed by atoms with Crippen LogP contribution in [0.2, 0.25) is 5.02 Å². The molecule has 0 atom stereocenters. The molecule has 1 fully saturated rings. The van der Waals surface area contributed by atoms with Gasteiger partial charge in [-0.25, -0.2) is 0 Å². The molecule has 160 valence electrons. The quantitative estimate of drug-likeness (QED) is 0.335. The minimum Gasteiger partial charge on any atom is -0.490 e. The maximum Gasteiger partial charge on any atom is 0.285 e. The van der Waals surface area contributed by atoms with Crippen molar-refractivity contribution in [1.29, 1.82) is 0 Å². The predicted octanol–water partition coefficient (Wildman–Crippen LogP) is 4.85. The highest BCUT2D eigenvalue weighted by Gasteiger charge is 2.34. The van der Waals surface area contributed by atoms with Crippen LogP contribution < -0.4 is 14.9 Å². The monoisotopic (exact) mass is 474 g/mol. The third-order valence-corrected chi connectivity index (χ3v) is 5.60. The third-order valence-electron chi connectivity index (χ3n) is 4.02. The number of carbonyl (C=O) groups excluding carboxylic acids is 2. The standard InChI is InChI=1S/C22H19ClN2O4S2/c1-3-10-29-19-16(23)11-14(12-17(19)28-4-2)13-18-21(27)25(22(30)31-18)24-20(26)15-8-6-5-7-9-15/h3,5-9,11-13H,1,4,10H2,2H3,(H,24,26). The maximum atomic E-state index is 12.8. The van der Waals surface area contributed by atoms with Crippen LogP contribution in [0.5, 0.6) is 11.5 Å². The smallest absolute Gasteiger partial charge is 0.285 e. The summed E-state index contributed by atoms with van der Waals surface area (Å²) < 4.78 is 11.4. The van der Waals surface area contributed by atoms with E-state index in [0.29, 0.717) is 39.2 Å². The summed E-state index contributed by atoms with van der Waals surface area (Å²) in [4.78, 5) is 25.6. The zero-order valence-corrected chi connectivity index (χ0v) is 19.0. The van der Waals surface area contributed by atoms with Gasteiger partial charge in [0.25, 0.3) is 11.8 Å². The van der Waals surface area contributed by atoms with E-state index < -0.39 is 11.8 Å². The van der Waals surface area contributed by atoms with Gasteiger partial charge in [0.1, 0.15) is 6.61 Å². The van der Waals surface area contributed by atoms with Crippen molar-refractivity contribution in [2.24, 2.45) is 0 Å². The highest BCUT2D eigenvalue weighted by atomic mass is 35.5. The van der Waals surface area contributed by atoms with Gasteiger partial charge < -0.3 is 9.47 Å². The van der Waals surface area contributed by atoms with Crippen molar-refractivity contribution in [2.45, 2.75) is 6.92 Å². The van der Waals surface area contributed by atoms with Crippen molar-refractivity contribution in [1.82, 2.24) is 10.4 Å². The first-order chi connectivity index (χ1) is 14.9. The Labute approximate surface area is 194 Å². The summed E-state index contributed by atoms with van der Waals surface area (Å²) in [5.74, 6) is 0.00286. The van der Waals surface area contributed by atoms with Crippen LogP contribution in [0.1, 0.15) is 22.8 Å². The van der Waals surface area contributed by atoms with E-state index in [-0.39, 0.29) is 10.9 Å². The van der Waals surface area contributed by atoms with Gasteiger partial charge in [0.15, 0.2) is 15.8 Å². The number of nitrogens with one attached hydrogen (secondary N) is 1. The lowest BCUT2D eigenvalue weighted by Crippen LogP contribution is -2.44. The molecule has 2 aromatic carbocycles. The molecule has 0 bridgehead atoms. The van der Waals surface area contributed by atoms with E-state index in [2.05, 4.69) is 12.0 Å². The zero-order chi connectivity index (χ0) is 22.4. The van der Waals surface area contributed by atoms with Crippen LogP contribution >= 0.6 is 35.6 Å². The number of hydrogen-bond donors (Lipinski definition) is 1. The summed E-state index contributed by atoms with van der Waals surface area (Å²) in [7, 11) is 0. The fraction of sp³-hybridized carbons (Fsp3) is 0.136. The highest BCUT2D eigenvalue weighted by Crippen LogP contribution is 2.39. The van der Waals surface area contributed by atoms with Crippen LogP contribution in [0, 0.1) is 0 Å². The average molecular weight is 475 g/mol. The number of hydrogen-bond acceptors (Lipinski definition) is 6. The molecule has 6 nitrogen and oxygen atoms in total. The second-order valence-corrected chi connectivity index (χ2v) is 8.27. The Balaban J connectivity index is 1.83. The number of amides is 2. The molecule has 1 aliphatic rings. The first kappa shape index (κ1) is 22.9. The van der Waals surface area contributed by atoms with Gasteiger partial charge in [0, 0.05) is 5.56 Å². The minimum atomic E-state index is -0.430. The first-order valence-electron chi connectivity index (χ1n) is 9.28. The number of ether oxygens (including phenoxy) is 2. The van der Waals surface area contributed by atoms with Crippen molar-refractivity contribution in [3.63, 3.8) is 0 Å². The van der Waals surface area contributed by atoms with Gasteiger partial charge in [0.05, 0.1) is 16.5 Å². The summed E-state index contributed by atoms with van der Waals surface area (Å²) in [6, 6.07) is 12.0. The molecule has 3 rings (SSSR count). The lowest BCUT2D eigenvalue weighted by Gasteiger charge is -2.15. The topological polar surface area (TPSA) is 67.9 Å². The van der Waals surface area contributed by atoms with E-state index in [0.717, 1.165) is 16.8 Å². The number of thiocarbonyl (C=S) groups is 1. The van der Waals surface area contributed by atoms with E-state index in [9.17, 15) is 9.59 Å². The summed E-state index contributed by atoms with van der Waals surface area (Å²) in [6.45, 7) is 6.16. The normalized spacial score (nSPS) is 14.6. The Kier molecular flexibility index (Phi) is 7.73. The van der Waals surface area contributed by atoms with Crippen molar-refractivity contribution >= 4 is 57.8 Å². The van der Waals surface area contributed by atoms with Gasteiger partial charge in [0.2, 0.25) is 0 Å². The third kappa shape index (κ3) is 5.46. The van der Waals surface area contributed by atoms with Crippen molar-refractivity contribution in [3.8, 4) is 11.5 Å². The number of thioether (sulfide) groups is 1. The van der Waals surface area contributed by atoms with Crippen molar-refractivity contribution in [3.05, 3.63) is 76.2 Å². The van der Waals surface area contributed by atoms with E-state index in [1.165, 1.54) is 0 Å². The molecule has 0 spiro atoms. The maximum absolute atomic E-state index is 12.8. The van der Waals surface area contributed by atoms with Gasteiger partial charge >= 0.3 is 0 Å². The predicted molar refractivity (Wildman–Crippen MR) is 127 cm³/mol. The summed E-state index contributed by atoms with van der Waals surface area (Å²) in [6.07, 6.45) is 3.24. The number of rotatable bonds is 8. The Bertz CT molecular complexity index is 1060. The second kappa shape index (κ2) is 10.5. The molecule has 31 heavy (non-hydrogen) atoms. The van der Waals surface area contributed by atoms with E-state index in [1.54, 1.807) is 54.6 Å². The number of benzene rings is 2. The Morgan fingerprint density at radius 2 is 2.03 bits per heavy atom. The fourth-order valence-electron chi connectivity index (χ4n) is 2.69. The summed E-state index contributed by atoms with van der Waals surface area (Å²) >= 11 is 12.7. The Morgan fingerprint density at radius 1 is 1.29 bits per heavy atom. The lowest BCUT2D eigenvalue weighted by atomic mass is 10.1. The van der Waals surface area contributed by atoms with Crippen LogP contribution in [0.25, 0.3) is 6.08 Å². The molecule has 0 saturated carbocycles. The van der Waals surface area contributed by atoms with Gasteiger partial charge in [-0.1, -0.05) is 54.2 Å². The van der Waals surface area contributed by atoms with Gasteiger partial charge in [-0.05, 0) is 55.0 Å².